The number of hydrogen-bond acceptors (Lipinski definition) is 4. The van der Waals surface area contributed by atoms with Crippen molar-refractivity contribution < 1.29 is 18.3 Å². The molecule has 3 fully saturated rings. The van der Waals surface area contributed by atoms with Crippen LogP contribution in [-0.4, -0.2) is 65.7 Å². The van der Waals surface area contributed by atoms with Crippen LogP contribution in [0, 0.1) is 5.92 Å². The third-order valence-corrected chi connectivity index (χ3v) is 8.25. The van der Waals surface area contributed by atoms with Crippen LogP contribution in [-0.2, 0) is 14.8 Å². The Morgan fingerprint density at radius 2 is 1.88 bits per heavy atom. The van der Waals surface area contributed by atoms with Crippen LogP contribution in [0.2, 0.25) is 0 Å². The first kappa shape index (κ1) is 17.9. The second kappa shape index (κ2) is 6.32. The van der Waals surface area contributed by atoms with E-state index in [1.165, 1.54) is 4.31 Å². The summed E-state index contributed by atoms with van der Waals surface area (Å²) in [5.74, 6) is 0.172. The van der Waals surface area contributed by atoms with Crippen LogP contribution in [0.3, 0.4) is 0 Å². The van der Waals surface area contributed by atoms with Crippen LogP contribution in [0.4, 0.5) is 0 Å². The van der Waals surface area contributed by atoms with E-state index in [1.807, 2.05) is 35.2 Å². The number of aliphatic hydroxyl groups is 1. The molecule has 4 rings (SSSR count). The lowest BCUT2D eigenvalue weighted by Crippen LogP contribution is -2.86. The summed E-state index contributed by atoms with van der Waals surface area (Å²) in [5, 5.41) is 10.0. The third kappa shape index (κ3) is 2.44. The molecule has 142 valence electrons. The van der Waals surface area contributed by atoms with Crippen LogP contribution < -0.4 is 0 Å². The number of nitrogens with zero attached hydrogens (tertiary/aromatic N) is 2. The molecule has 1 saturated carbocycles. The van der Waals surface area contributed by atoms with Gasteiger partial charge in [0.25, 0.3) is 0 Å². The maximum absolute atomic E-state index is 13.0. The molecule has 0 radical (unpaired) electrons. The van der Waals surface area contributed by atoms with Crippen LogP contribution >= 0.6 is 0 Å². The number of sulfonamides is 1. The summed E-state index contributed by atoms with van der Waals surface area (Å²) in [4.78, 5) is 14.9. The summed E-state index contributed by atoms with van der Waals surface area (Å²) in [6.07, 6.45) is 2.87. The van der Waals surface area contributed by atoms with Crippen LogP contribution in [0.1, 0.15) is 37.7 Å². The van der Waals surface area contributed by atoms with Gasteiger partial charge in [0.05, 0.1) is 23.9 Å². The van der Waals surface area contributed by atoms with Gasteiger partial charge in [0, 0.05) is 24.9 Å². The normalized spacial score (nSPS) is 28.3. The summed E-state index contributed by atoms with van der Waals surface area (Å²) in [7, 11) is -3.27. The minimum Gasteiger partial charge on any atom is -0.394 e. The molecule has 0 aromatic heterocycles. The average Bonchev–Trinajstić information content (AvgIpc) is 2.52. The maximum Gasteiger partial charge on any atom is 0.226 e. The van der Waals surface area contributed by atoms with Crippen molar-refractivity contribution in [1.29, 1.82) is 0 Å². The van der Waals surface area contributed by atoms with Crippen molar-refractivity contribution in [2.75, 3.05) is 25.4 Å². The van der Waals surface area contributed by atoms with E-state index >= 15 is 0 Å². The number of aliphatic hydroxyl groups excluding tert-OH is 1. The number of carbonyl (C=O) groups is 1. The second-order valence-corrected chi connectivity index (χ2v) is 10.0. The van der Waals surface area contributed by atoms with E-state index in [-0.39, 0.29) is 36.1 Å². The van der Waals surface area contributed by atoms with Crippen molar-refractivity contribution in [3.63, 3.8) is 0 Å². The van der Waals surface area contributed by atoms with Gasteiger partial charge in [-0.1, -0.05) is 36.8 Å². The molecule has 0 bridgehead atoms. The van der Waals surface area contributed by atoms with Gasteiger partial charge in [0.2, 0.25) is 15.9 Å². The molecule has 6 nitrogen and oxygen atoms in total. The first-order valence-electron chi connectivity index (χ1n) is 9.41. The van der Waals surface area contributed by atoms with Gasteiger partial charge in [0.15, 0.2) is 0 Å². The van der Waals surface area contributed by atoms with E-state index in [9.17, 15) is 18.3 Å². The van der Waals surface area contributed by atoms with Gasteiger partial charge in [-0.25, -0.2) is 8.42 Å². The summed E-state index contributed by atoms with van der Waals surface area (Å²) < 4.78 is 26.0. The summed E-state index contributed by atoms with van der Waals surface area (Å²) >= 11 is 0. The van der Waals surface area contributed by atoms with Crippen molar-refractivity contribution in [2.45, 2.75) is 43.7 Å². The van der Waals surface area contributed by atoms with Gasteiger partial charge in [-0.05, 0) is 25.3 Å². The Morgan fingerprint density at radius 1 is 1.23 bits per heavy atom. The van der Waals surface area contributed by atoms with Gasteiger partial charge in [0.1, 0.15) is 0 Å². The predicted octanol–water partition coefficient (Wildman–Crippen LogP) is 1.18. The molecular formula is C19H26N2O4S. The number of benzene rings is 1. The summed E-state index contributed by atoms with van der Waals surface area (Å²) in [6, 6.07) is 9.60. The minimum absolute atomic E-state index is 0.0268. The van der Waals surface area contributed by atoms with E-state index in [0.29, 0.717) is 13.1 Å². The van der Waals surface area contributed by atoms with Gasteiger partial charge in [-0.3, -0.25) is 4.79 Å². The molecular weight excluding hydrogens is 352 g/mol. The molecule has 1 aromatic carbocycles. The van der Waals surface area contributed by atoms with E-state index in [0.717, 1.165) is 24.8 Å². The Bertz CT molecular complexity index is 785. The fourth-order valence-electron chi connectivity index (χ4n) is 4.81. The number of hydrogen-bond donors (Lipinski definition) is 1. The minimum atomic E-state index is -3.27. The first-order chi connectivity index (χ1) is 12.4. The average molecular weight is 378 g/mol. The van der Waals surface area contributed by atoms with Gasteiger partial charge >= 0.3 is 0 Å². The third-order valence-electron chi connectivity index (χ3n) is 6.47. The van der Waals surface area contributed by atoms with E-state index in [1.54, 1.807) is 6.92 Å². The maximum atomic E-state index is 13.0. The highest BCUT2D eigenvalue weighted by Gasteiger charge is 2.69. The van der Waals surface area contributed by atoms with E-state index < -0.39 is 15.6 Å². The van der Waals surface area contributed by atoms with Crippen molar-refractivity contribution in [3.05, 3.63) is 35.9 Å². The molecule has 2 atom stereocenters. The molecule has 2 saturated heterocycles. The predicted molar refractivity (Wildman–Crippen MR) is 98.0 cm³/mol. The molecule has 0 unspecified atom stereocenters. The first-order valence-corrected chi connectivity index (χ1v) is 11.0. The highest BCUT2D eigenvalue weighted by molar-refractivity contribution is 7.89. The smallest absolute Gasteiger partial charge is 0.226 e. The molecule has 1 N–H and O–H groups in total. The molecule has 1 amide bonds. The fraction of sp³-hybridized carbons (Fsp3) is 0.632. The van der Waals surface area contributed by atoms with Gasteiger partial charge in [-0.2, -0.15) is 4.31 Å². The van der Waals surface area contributed by atoms with E-state index in [2.05, 4.69) is 0 Å². The highest BCUT2D eigenvalue weighted by atomic mass is 32.2. The standard InChI is InChI=1S/C19H26N2O4S/c1-2-26(24,25)20-12-19(13-20)17(14-7-4-3-5-8-14)16(11-22)21(19)18(23)15-9-6-10-15/h3-5,7-8,15-17,22H,2,6,9-13H2,1H3/t16-,17+/m1/s1. The van der Waals surface area contributed by atoms with E-state index in [4.69, 9.17) is 0 Å². The molecule has 1 spiro atoms. The van der Waals surface area contributed by atoms with Crippen molar-refractivity contribution in [1.82, 2.24) is 9.21 Å². The van der Waals surface area contributed by atoms with Gasteiger partial charge in [-0.15, -0.1) is 0 Å². The Balaban J connectivity index is 1.67. The lowest BCUT2D eigenvalue weighted by Gasteiger charge is -2.70. The molecule has 26 heavy (non-hydrogen) atoms. The zero-order chi connectivity index (χ0) is 18.5. The van der Waals surface area contributed by atoms with Crippen molar-refractivity contribution in [3.8, 4) is 0 Å². The molecule has 7 heteroatoms. The quantitative estimate of drug-likeness (QED) is 0.835. The monoisotopic (exact) mass is 378 g/mol. The molecule has 1 aromatic rings. The lowest BCUT2D eigenvalue weighted by molar-refractivity contribution is -0.195. The Labute approximate surface area is 154 Å². The van der Waals surface area contributed by atoms with Crippen LogP contribution in [0.15, 0.2) is 30.3 Å². The Kier molecular flexibility index (Phi) is 4.36. The Hall–Kier alpha value is -1.44. The number of likely N-dealkylation sites (tertiary alicyclic amines) is 1. The molecule has 1 aliphatic carbocycles. The molecule has 2 aliphatic heterocycles. The number of rotatable bonds is 5. The SMILES string of the molecule is CCS(=O)(=O)N1CC2(C1)[C@@H](c1ccccc1)[C@@H](CO)N2C(=O)C1CCC1. The fourth-order valence-corrected chi connectivity index (χ4v) is 6.02. The van der Waals surface area contributed by atoms with Crippen molar-refractivity contribution >= 4 is 15.9 Å². The second-order valence-electron chi connectivity index (χ2n) is 7.75. The topological polar surface area (TPSA) is 77.9 Å². The summed E-state index contributed by atoms with van der Waals surface area (Å²) in [5.41, 5.74) is 0.557. The number of amides is 1. The molecule has 2 heterocycles. The lowest BCUT2D eigenvalue weighted by atomic mass is 9.60. The van der Waals surface area contributed by atoms with Gasteiger partial charge < -0.3 is 10.0 Å². The zero-order valence-corrected chi connectivity index (χ0v) is 15.9. The van der Waals surface area contributed by atoms with Crippen LogP contribution in [0.25, 0.3) is 0 Å². The number of carbonyl (C=O) groups excluding carboxylic acids is 1. The highest BCUT2D eigenvalue weighted by Crippen LogP contribution is 2.55. The summed E-state index contributed by atoms with van der Waals surface area (Å²) in [6.45, 7) is 2.21. The molecule has 3 aliphatic rings. The Morgan fingerprint density at radius 3 is 2.38 bits per heavy atom. The van der Waals surface area contributed by atoms with Crippen LogP contribution in [0.5, 0.6) is 0 Å². The van der Waals surface area contributed by atoms with Crippen molar-refractivity contribution in [2.24, 2.45) is 5.92 Å². The largest absolute Gasteiger partial charge is 0.394 e. The zero-order valence-electron chi connectivity index (χ0n) is 15.0.